The molecule has 0 fully saturated rings. The lowest BCUT2D eigenvalue weighted by molar-refractivity contribution is -0.140. The highest BCUT2D eigenvalue weighted by Gasteiger charge is 1.98. The van der Waals surface area contributed by atoms with E-state index in [4.69, 9.17) is 6.57 Å². The average molecular weight is 223 g/mol. The van der Waals surface area contributed by atoms with E-state index in [9.17, 15) is 4.79 Å². The third kappa shape index (κ3) is 10.8. The molecule has 3 heteroatoms. The molecule has 0 spiro atoms. The smallest absolute Gasteiger partial charge is 0.305 e. The predicted octanol–water partition coefficient (Wildman–Crippen LogP) is 3.71. The zero-order valence-electron chi connectivity index (χ0n) is 10.1. The summed E-state index contributed by atoms with van der Waals surface area (Å²) in [6.45, 7) is 6.55. The molecule has 90 valence electrons. The third-order valence-electron chi connectivity index (χ3n) is 2.41. The Kier molecular flexibility index (Phi) is 10.8. The third-order valence-corrected chi connectivity index (χ3v) is 2.41. The minimum atomic E-state index is -0.107. The van der Waals surface area contributed by atoms with Gasteiger partial charge in [-0.15, -0.1) is 0 Å². The summed E-state index contributed by atoms with van der Waals surface area (Å²) < 4.78 is 4.56. The van der Waals surface area contributed by atoms with Gasteiger partial charge in [-0.2, -0.15) is 0 Å². The van der Waals surface area contributed by atoms with Crippen LogP contribution in [0.2, 0.25) is 0 Å². The fraction of sp³-hybridized carbons (Fsp3) is 0.692. The van der Waals surface area contributed by atoms with Crippen molar-refractivity contribution in [3.05, 3.63) is 23.7 Å². The number of nitrogens with zero attached hydrogens (tertiary/aromatic N) is 1. The van der Waals surface area contributed by atoms with E-state index < -0.39 is 0 Å². The monoisotopic (exact) mass is 223 g/mol. The molecule has 0 saturated heterocycles. The van der Waals surface area contributed by atoms with Crippen molar-refractivity contribution in [2.45, 2.75) is 51.4 Å². The van der Waals surface area contributed by atoms with Crippen molar-refractivity contribution in [2.24, 2.45) is 0 Å². The second kappa shape index (κ2) is 11.8. The molecule has 16 heavy (non-hydrogen) atoms. The fourth-order valence-corrected chi connectivity index (χ4v) is 1.47. The molecular formula is C13H21NO2. The van der Waals surface area contributed by atoms with Gasteiger partial charge in [-0.05, 0) is 12.8 Å². The van der Waals surface area contributed by atoms with Gasteiger partial charge in [0, 0.05) is 6.42 Å². The quantitative estimate of drug-likeness (QED) is 0.339. The van der Waals surface area contributed by atoms with Crippen molar-refractivity contribution in [3.63, 3.8) is 0 Å². The Morgan fingerprint density at radius 1 is 1.19 bits per heavy atom. The summed E-state index contributed by atoms with van der Waals surface area (Å²) in [4.78, 5) is 13.9. The molecule has 0 aromatic rings. The number of esters is 1. The van der Waals surface area contributed by atoms with Gasteiger partial charge in [0.05, 0.1) is 13.7 Å². The zero-order valence-corrected chi connectivity index (χ0v) is 10.1. The first kappa shape index (κ1) is 14.7. The first-order chi connectivity index (χ1) is 7.81. The van der Waals surface area contributed by atoms with Gasteiger partial charge < -0.3 is 4.74 Å². The second-order valence-electron chi connectivity index (χ2n) is 3.75. The summed E-state index contributed by atoms with van der Waals surface area (Å²) in [5, 5.41) is 0. The highest BCUT2D eigenvalue weighted by atomic mass is 16.5. The molecule has 0 aromatic carbocycles. The number of carbonyl (C=O) groups excluding carboxylic acids is 1. The molecule has 0 rings (SSSR count). The molecule has 0 aliphatic carbocycles. The lowest BCUT2D eigenvalue weighted by Crippen LogP contribution is -1.99. The Morgan fingerprint density at radius 2 is 1.81 bits per heavy atom. The summed E-state index contributed by atoms with van der Waals surface area (Å²) in [5.74, 6) is -0.107. The van der Waals surface area contributed by atoms with Crippen molar-refractivity contribution in [1.82, 2.24) is 0 Å². The molecule has 0 heterocycles. The van der Waals surface area contributed by atoms with Gasteiger partial charge in [0.25, 0.3) is 0 Å². The van der Waals surface area contributed by atoms with Crippen LogP contribution in [0.4, 0.5) is 0 Å². The maximum atomic E-state index is 10.8. The van der Waals surface area contributed by atoms with Gasteiger partial charge in [0.1, 0.15) is 6.20 Å². The van der Waals surface area contributed by atoms with Gasteiger partial charge in [0.15, 0.2) is 0 Å². The molecule has 0 saturated carbocycles. The van der Waals surface area contributed by atoms with Crippen LogP contribution in [0.15, 0.2) is 12.3 Å². The van der Waals surface area contributed by atoms with E-state index in [2.05, 4.69) is 9.58 Å². The van der Waals surface area contributed by atoms with Gasteiger partial charge in [-0.25, -0.2) is 4.85 Å². The lowest BCUT2D eigenvalue weighted by Gasteiger charge is -2.00. The van der Waals surface area contributed by atoms with E-state index in [1.54, 1.807) is 0 Å². The Morgan fingerprint density at radius 3 is 2.44 bits per heavy atom. The van der Waals surface area contributed by atoms with Crippen molar-refractivity contribution in [3.8, 4) is 0 Å². The molecule has 0 amide bonds. The summed E-state index contributed by atoms with van der Waals surface area (Å²) >= 11 is 0. The van der Waals surface area contributed by atoms with Crippen LogP contribution < -0.4 is 0 Å². The lowest BCUT2D eigenvalue weighted by atomic mass is 10.1. The second-order valence-corrected chi connectivity index (χ2v) is 3.75. The number of hydrogen-bond acceptors (Lipinski definition) is 2. The highest BCUT2D eigenvalue weighted by Crippen LogP contribution is 2.09. The molecule has 0 N–H and O–H groups in total. The maximum Gasteiger partial charge on any atom is 0.305 e. The average Bonchev–Trinajstić information content (AvgIpc) is 2.31. The predicted molar refractivity (Wildman–Crippen MR) is 64.7 cm³/mol. The molecule has 0 bridgehead atoms. The first-order valence-electron chi connectivity index (χ1n) is 5.89. The Balaban J connectivity index is 3.07. The van der Waals surface area contributed by atoms with Gasteiger partial charge in [-0.1, -0.05) is 38.2 Å². The molecule has 0 aliphatic rings. The SMILES string of the molecule is [C-]#[N+]/C=C/CCCCCCCCC(=O)OC. The summed E-state index contributed by atoms with van der Waals surface area (Å²) in [6, 6.07) is 0. The molecule has 0 radical (unpaired) electrons. The molecule has 0 atom stereocenters. The van der Waals surface area contributed by atoms with Gasteiger partial charge in [0.2, 0.25) is 0 Å². The van der Waals surface area contributed by atoms with E-state index in [0.29, 0.717) is 6.42 Å². The van der Waals surface area contributed by atoms with E-state index >= 15 is 0 Å². The Bertz CT molecular complexity index is 241. The first-order valence-corrected chi connectivity index (χ1v) is 5.89. The zero-order chi connectivity index (χ0) is 12.1. The topological polar surface area (TPSA) is 30.7 Å². The number of rotatable bonds is 9. The van der Waals surface area contributed by atoms with Crippen molar-refractivity contribution in [1.29, 1.82) is 0 Å². The van der Waals surface area contributed by atoms with Crippen LogP contribution in [0.1, 0.15) is 51.4 Å². The van der Waals surface area contributed by atoms with Crippen LogP contribution in [0.25, 0.3) is 4.85 Å². The molecule has 0 aliphatic heterocycles. The number of ether oxygens (including phenoxy) is 1. The minimum Gasteiger partial charge on any atom is -0.469 e. The maximum absolute atomic E-state index is 10.8. The van der Waals surface area contributed by atoms with Crippen molar-refractivity contribution in [2.75, 3.05) is 7.11 Å². The molecular weight excluding hydrogens is 202 g/mol. The highest BCUT2D eigenvalue weighted by molar-refractivity contribution is 5.68. The van der Waals surface area contributed by atoms with Crippen LogP contribution in [0.5, 0.6) is 0 Å². The van der Waals surface area contributed by atoms with E-state index in [1.807, 2.05) is 6.08 Å². The standard InChI is InChI=1S/C13H21NO2/c1-14-12-10-8-6-4-3-5-7-9-11-13(15)16-2/h10,12H,3-9,11H2,2H3/b12-10+. The molecule has 3 nitrogen and oxygen atoms in total. The Labute approximate surface area is 98.3 Å². The minimum absolute atomic E-state index is 0.107. The van der Waals surface area contributed by atoms with Crippen LogP contribution in [-0.2, 0) is 9.53 Å². The van der Waals surface area contributed by atoms with Crippen LogP contribution in [-0.4, -0.2) is 13.1 Å². The normalized spacial score (nSPS) is 10.2. The van der Waals surface area contributed by atoms with Crippen molar-refractivity contribution >= 4 is 5.97 Å². The molecule has 0 unspecified atom stereocenters. The number of hydrogen-bond donors (Lipinski definition) is 0. The number of methoxy groups -OCH3 is 1. The van der Waals surface area contributed by atoms with Crippen molar-refractivity contribution < 1.29 is 9.53 Å². The van der Waals surface area contributed by atoms with Gasteiger partial charge in [-0.3, -0.25) is 4.79 Å². The summed E-state index contributed by atoms with van der Waals surface area (Å²) in [7, 11) is 1.43. The molecule has 0 aromatic heterocycles. The summed E-state index contributed by atoms with van der Waals surface area (Å²) in [6.07, 6.45) is 11.8. The van der Waals surface area contributed by atoms with E-state index in [0.717, 1.165) is 25.7 Å². The number of allylic oxidation sites excluding steroid dienone is 1. The van der Waals surface area contributed by atoms with Crippen LogP contribution in [0.3, 0.4) is 0 Å². The fourth-order valence-electron chi connectivity index (χ4n) is 1.47. The van der Waals surface area contributed by atoms with E-state index in [1.165, 1.54) is 32.6 Å². The summed E-state index contributed by atoms with van der Waals surface area (Å²) in [5.41, 5.74) is 0. The largest absolute Gasteiger partial charge is 0.469 e. The van der Waals surface area contributed by atoms with Gasteiger partial charge >= 0.3 is 5.97 Å². The van der Waals surface area contributed by atoms with Crippen LogP contribution >= 0.6 is 0 Å². The van der Waals surface area contributed by atoms with Crippen LogP contribution in [0, 0.1) is 6.57 Å². The Hall–Kier alpha value is -1.30. The number of carbonyl (C=O) groups is 1. The van der Waals surface area contributed by atoms with E-state index in [-0.39, 0.29) is 5.97 Å². The number of unbranched alkanes of at least 4 members (excludes halogenated alkanes) is 6.